The lowest BCUT2D eigenvalue weighted by Crippen LogP contribution is -2.39. The van der Waals surface area contributed by atoms with Crippen molar-refractivity contribution in [1.29, 1.82) is 0 Å². The lowest BCUT2D eigenvalue weighted by atomic mass is 9.95. The first kappa shape index (κ1) is 14.0. The number of hydrogen-bond donors (Lipinski definition) is 2. The number of benzene rings is 1. The fraction of sp³-hybridized carbons (Fsp3) is 0.600. The number of aromatic hydroxyl groups is 1. The molecule has 1 aromatic carbocycles. The van der Waals surface area contributed by atoms with Crippen LogP contribution in [0.3, 0.4) is 0 Å². The summed E-state index contributed by atoms with van der Waals surface area (Å²) in [5.41, 5.74) is 1.48. The van der Waals surface area contributed by atoms with Crippen LogP contribution in [0.15, 0.2) is 24.3 Å². The summed E-state index contributed by atoms with van der Waals surface area (Å²) in [7, 11) is 0. The largest absolute Gasteiger partial charge is 0.508 e. The van der Waals surface area contributed by atoms with Gasteiger partial charge in [-0.25, -0.2) is 0 Å². The summed E-state index contributed by atoms with van der Waals surface area (Å²) in [6.45, 7) is 9.86. The van der Waals surface area contributed by atoms with Gasteiger partial charge >= 0.3 is 0 Å². The van der Waals surface area contributed by atoms with Gasteiger partial charge in [0.2, 0.25) is 0 Å². The molecular formula is C15H25NO. The molecule has 1 atom stereocenters. The fourth-order valence-corrected chi connectivity index (χ4v) is 1.78. The molecule has 0 aliphatic rings. The van der Waals surface area contributed by atoms with Gasteiger partial charge in [-0.2, -0.15) is 0 Å². The second kappa shape index (κ2) is 6.06. The van der Waals surface area contributed by atoms with E-state index in [0.29, 0.717) is 11.7 Å². The van der Waals surface area contributed by atoms with E-state index in [1.54, 1.807) is 12.1 Å². The molecule has 0 aromatic heterocycles. The molecule has 0 heterocycles. The highest BCUT2D eigenvalue weighted by atomic mass is 16.3. The highest BCUT2D eigenvalue weighted by molar-refractivity contribution is 5.26. The summed E-state index contributed by atoms with van der Waals surface area (Å²) >= 11 is 0. The zero-order valence-electron chi connectivity index (χ0n) is 11.5. The third kappa shape index (κ3) is 5.73. The maximum atomic E-state index is 9.25. The summed E-state index contributed by atoms with van der Waals surface area (Å²) < 4.78 is 0. The van der Waals surface area contributed by atoms with Crippen molar-refractivity contribution in [3.8, 4) is 5.75 Å². The molecule has 17 heavy (non-hydrogen) atoms. The smallest absolute Gasteiger partial charge is 0.115 e. The van der Waals surface area contributed by atoms with E-state index < -0.39 is 0 Å². The molecule has 0 amide bonds. The van der Waals surface area contributed by atoms with Gasteiger partial charge in [-0.1, -0.05) is 25.5 Å². The van der Waals surface area contributed by atoms with Gasteiger partial charge in [0.25, 0.3) is 0 Å². The second-order valence-corrected chi connectivity index (χ2v) is 5.78. The van der Waals surface area contributed by atoms with Gasteiger partial charge in [-0.3, -0.25) is 0 Å². The predicted octanol–water partition coefficient (Wildman–Crippen LogP) is 3.35. The van der Waals surface area contributed by atoms with Crippen molar-refractivity contribution in [2.24, 2.45) is 5.92 Å². The summed E-state index contributed by atoms with van der Waals surface area (Å²) in [6.07, 6.45) is 2.24. The first-order valence-electron chi connectivity index (χ1n) is 6.43. The summed E-state index contributed by atoms with van der Waals surface area (Å²) in [5, 5.41) is 12.8. The topological polar surface area (TPSA) is 32.3 Å². The Bertz CT molecular complexity index is 324. The van der Waals surface area contributed by atoms with Crippen molar-refractivity contribution in [2.45, 2.75) is 46.1 Å². The van der Waals surface area contributed by atoms with Crippen LogP contribution >= 0.6 is 0 Å². The van der Waals surface area contributed by atoms with Gasteiger partial charge in [0.15, 0.2) is 0 Å². The SMILES string of the molecule is CCC(CNC(C)(C)C)Cc1ccc(O)cc1. The lowest BCUT2D eigenvalue weighted by Gasteiger charge is -2.24. The Kier molecular flexibility index (Phi) is 5.01. The van der Waals surface area contributed by atoms with Crippen molar-refractivity contribution in [2.75, 3.05) is 6.54 Å². The van der Waals surface area contributed by atoms with Crippen LogP contribution in [0.4, 0.5) is 0 Å². The van der Waals surface area contributed by atoms with Crippen LogP contribution in [0.5, 0.6) is 5.75 Å². The normalized spacial score (nSPS) is 13.6. The molecule has 96 valence electrons. The highest BCUT2D eigenvalue weighted by Gasteiger charge is 2.13. The van der Waals surface area contributed by atoms with Gasteiger partial charge in [-0.15, -0.1) is 0 Å². The van der Waals surface area contributed by atoms with E-state index in [1.807, 2.05) is 12.1 Å². The Morgan fingerprint density at radius 3 is 2.24 bits per heavy atom. The Hall–Kier alpha value is -1.02. The molecule has 0 saturated carbocycles. The number of phenolic OH excluding ortho intramolecular Hbond substituents is 1. The predicted molar refractivity (Wildman–Crippen MR) is 73.3 cm³/mol. The Balaban J connectivity index is 2.49. The van der Waals surface area contributed by atoms with Gasteiger partial charge < -0.3 is 10.4 Å². The van der Waals surface area contributed by atoms with E-state index >= 15 is 0 Å². The Labute approximate surface area is 105 Å². The van der Waals surface area contributed by atoms with E-state index in [0.717, 1.165) is 13.0 Å². The Morgan fingerprint density at radius 1 is 1.18 bits per heavy atom. The van der Waals surface area contributed by atoms with Crippen LogP contribution in [-0.2, 0) is 6.42 Å². The quantitative estimate of drug-likeness (QED) is 0.820. The average Bonchev–Trinajstić information content (AvgIpc) is 2.25. The zero-order chi connectivity index (χ0) is 12.9. The van der Waals surface area contributed by atoms with Gasteiger partial charge in [0, 0.05) is 5.54 Å². The number of phenols is 1. The van der Waals surface area contributed by atoms with Crippen LogP contribution in [-0.4, -0.2) is 17.2 Å². The molecule has 0 spiro atoms. The molecule has 0 bridgehead atoms. The number of hydrogen-bond acceptors (Lipinski definition) is 2. The van der Waals surface area contributed by atoms with Crippen LogP contribution in [0.2, 0.25) is 0 Å². The van der Waals surface area contributed by atoms with E-state index in [2.05, 4.69) is 33.0 Å². The summed E-state index contributed by atoms with van der Waals surface area (Å²) in [5.74, 6) is 0.994. The highest BCUT2D eigenvalue weighted by Crippen LogP contribution is 2.16. The summed E-state index contributed by atoms with van der Waals surface area (Å²) in [6, 6.07) is 7.54. The zero-order valence-corrected chi connectivity index (χ0v) is 11.5. The van der Waals surface area contributed by atoms with E-state index in [1.165, 1.54) is 12.0 Å². The van der Waals surface area contributed by atoms with Crippen LogP contribution in [0, 0.1) is 5.92 Å². The van der Waals surface area contributed by atoms with Crippen LogP contribution < -0.4 is 5.32 Å². The minimum Gasteiger partial charge on any atom is -0.508 e. The van der Waals surface area contributed by atoms with E-state index in [9.17, 15) is 5.11 Å². The molecule has 0 aliphatic carbocycles. The second-order valence-electron chi connectivity index (χ2n) is 5.78. The van der Waals surface area contributed by atoms with Crippen LogP contribution in [0.25, 0.3) is 0 Å². The third-order valence-electron chi connectivity index (χ3n) is 2.96. The molecule has 1 aromatic rings. The van der Waals surface area contributed by atoms with Gasteiger partial charge in [0.05, 0.1) is 0 Å². The molecule has 0 aliphatic heterocycles. The fourth-order valence-electron chi connectivity index (χ4n) is 1.78. The molecule has 0 saturated heterocycles. The van der Waals surface area contributed by atoms with E-state index in [-0.39, 0.29) is 5.54 Å². The van der Waals surface area contributed by atoms with Crippen molar-refractivity contribution < 1.29 is 5.11 Å². The van der Waals surface area contributed by atoms with Gasteiger partial charge in [0.1, 0.15) is 5.75 Å². The molecule has 0 radical (unpaired) electrons. The summed E-state index contributed by atoms with van der Waals surface area (Å²) in [4.78, 5) is 0. The van der Waals surface area contributed by atoms with Crippen molar-refractivity contribution in [3.05, 3.63) is 29.8 Å². The third-order valence-corrected chi connectivity index (χ3v) is 2.96. The minimum atomic E-state index is 0.183. The standard InChI is InChI=1S/C15H25NO/c1-5-12(11-16-15(2,3)4)10-13-6-8-14(17)9-7-13/h6-9,12,16-17H,5,10-11H2,1-4H3. The molecule has 1 rings (SSSR count). The monoisotopic (exact) mass is 235 g/mol. The first-order valence-corrected chi connectivity index (χ1v) is 6.43. The molecule has 2 nitrogen and oxygen atoms in total. The van der Waals surface area contributed by atoms with Crippen LogP contribution in [0.1, 0.15) is 39.7 Å². The maximum Gasteiger partial charge on any atom is 0.115 e. The molecule has 2 heteroatoms. The molecule has 2 N–H and O–H groups in total. The molecular weight excluding hydrogens is 210 g/mol. The number of rotatable bonds is 5. The lowest BCUT2D eigenvalue weighted by molar-refractivity contribution is 0.363. The maximum absolute atomic E-state index is 9.25. The average molecular weight is 235 g/mol. The van der Waals surface area contributed by atoms with Crippen molar-refractivity contribution in [1.82, 2.24) is 5.32 Å². The Morgan fingerprint density at radius 2 is 1.76 bits per heavy atom. The number of nitrogens with one attached hydrogen (secondary N) is 1. The van der Waals surface area contributed by atoms with E-state index in [4.69, 9.17) is 0 Å². The minimum absolute atomic E-state index is 0.183. The van der Waals surface area contributed by atoms with Crippen molar-refractivity contribution in [3.63, 3.8) is 0 Å². The van der Waals surface area contributed by atoms with Crippen molar-refractivity contribution >= 4 is 0 Å². The molecule has 0 fully saturated rings. The van der Waals surface area contributed by atoms with Gasteiger partial charge in [-0.05, 0) is 57.4 Å². The molecule has 1 unspecified atom stereocenters. The first-order chi connectivity index (χ1) is 7.90.